The van der Waals surface area contributed by atoms with Crippen molar-refractivity contribution in [1.82, 2.24) is 5.32 Å². The monoisotopic (exact) mass is 301 g/mol. The number of nitrogens with one attached hydrogen (secondary N) is 1. The molecule has 0 heterocycles. The fourth-order valence-corrected chi connectivity index (χ4v) is 2.19. The van der Waals surface area contributed by atoms with E-state index in [4.69, 9.17) is 9.84 Å². The first kappa shape index (κ1) is 15.8. The van der Waals surface area contributed by atoms with Crippen LogP contribution in [-0.2, 0) is 9.59 Å². The zero-order chi connectivity index (χ0) is 16.1. The molecule has 2 rings (SSSR count). The van der Waals surface area contributed by atoms with Gasteiger partial charge in [-0.2, -0.15) is 0 Å². The van der Waals surface area contributed by atoms with Crippen molar-refractivity contribution in [1.29, 1.82) is 0 Å². The summed E-state index contributed by atoms with van der Waals surface area (Å²) in [4.78, 5) is 22.9. The Bertz CT molecular complexity index is 676. The fourth-order valence-electron chi connectivity index (χ4n) is 2.19. The van der Waals surface area contributed by atoms with Gasteiger partial charge in [0, 0.05) is 5.39 Å². The maximum atomic E-state index is 11.9. The molecule has 2 aromatic rings. The molecular weight excluding hydrogens is 282 g/mol. The number of fused-ring (bicyclic) bond motifs is 1. The number of carboxylic acid groups (broad SMARTS) is 1. The van der Waals surface area contributed by atoms with Crippen LogP contribution in [-0.4, -0.2) is 29.6 Å². The van der Waals surface area contributed by atoms with E-state index in [1.54, 1.807) is 19.9 Å². The van der Waals surface area contributed by atoms with Crippen LogP contribution < -0.4 is 10.1 Å². The van der Waals surface area contributed by atoms with Crippen molar-refractivity contribution in [3.63, 3.8) is 0 Å². The van der Waals surface area contributed by atoms with Crippen molar-refractivity contribution in [3.05, 3.63) is 42.5 Å². The Hall–Kier alpha value is -2.56. The fraction of sp³-hybridized carbons (Fsp3) is 0.294. The summed E-state index contributed by atoms with van der Waals surface area (Å²) in [6.45, 7) is 3.26. The first-order valence-corrected chi connectivity index (χ1v) is 7.11. The van der Waals surface area contributed by atoms with Crippen LogP contribution in [0.2, 0.25) is 0 Å². The lowest BCUT2D eigenvalue weighted by Crippen LogP contribution is -2.46. The lowest BCUT2D eigenvalue weighted by Gasteiger charge is -2.18. The van der Waals surface area contributed by atoms with E-state index in [0.717, 1.165) is 10.8 Å². The van der Waals surface area contributed by atoms with E-state index in [-0.39, 0.29) is 12.5 Å². The predicted molar refractivity (Wildman–Crippen MR) is 83.8 cm³/mol. The standard InChI is InChI=1S/C17H19NO4/c1-11(2)16(17(20)21)18-15(19)10-22-14-9-5-7-12-6-3-4-8-13(12)14/h3-9,11,16H,10H2,1-2H3,(H,18,19)(H,20,21). The van der Waals surface area contributed by atoms with Gasteiger partial charge in [0.05, 0.1) is 0 Å². The van der Waals surface area contributed by atoms with Crippen LogP contribution in [0.15, 0.2) is 42.5 Å². The second kappa shape index (κ2) is 6.93. The molecule has 116 valence electrons. The van der Waals surface area contributed by atoms with Crippen molar-refractivity contribution in [2.75, 3.05) is 6.61 Å². The molecule has 2 N–H and O–H groups in total. The molecule has 0 aromatic heterocycles. The highest BCUT2D eigenvalue weighted by Crippen LogP contribution is 2.24. The highest BCUT2D eigenvalue weighted by atomic mass is 16.5. The van der Waals surface area contributed by atoms with E-state index in [1.165, 1.54) is 0 Å². The maximum absolute atomic E-state index is 11.9. The molecule has 0 radical (unpaired) electrons. The molecule has 2 aromatic carbocycles. The molecule has 0 aliphatic carbocycles. The van der Waals surface area contributed by atoms with Gasteiger partial charge in [-0.1, -0.05) is 50.2 Å². The third-order valence-corrected chi connectivity index (χ3v) is 3.36. The SMILES string of the molecule is CC(C)C(NC(=O)COc1cccc2ccccc12)C(=O)O. The lowest BCUT2D eigenvalue weighted by molar-refractivity contribution is -0.143. The molecule has 5 heteroatoms. The Morgan fingerprint density at radius 3 is 2.50 bits per heavy atom. The van der Waals surface area contributed by atoms with Gasteiger partial charge in [0.2, 0.25) is 0 Å². The van der Waals surface area contributed by atoms with E-state index in [0.29, 0.717) is 5.75 Å². The van der Waals surface area contributed by atoms with E-state index in [1.807, 2.05) is 36.4 Å². The number of carbonyl (C=O) groups excluding carboxylic acids is 1. The van der Waals surface area contributed by atoms with Gasteiger partial charge in [0.1, 0.15) is 11.8 Å². The van der Waals surface area contributed by atoms with Crippen molar-refractivity contribution >= 4 is 22.6 Å². The van der Waals surface area contributed by atoms with Gasteiger partial charge in [0.25, 0.3) is 5.91 Å². The molecule has 0 aliphatic heterocycles. The highest BCUT2D eigenvalue weighted by Gasteiger charge is 2.23. The van der Waals surface area contributed by atoms with Crippen molar-refractivity contribution in [2.24, 2.45) is 5.92 Å². The van der Waals surface area contributed by atoms with Crippen LogP contribution in [0.3, 0.4) is 0 Å². The number of ether oxygens (including phenoxy) is 1. The number of carbonyl (C=O) groups is 2. The molecule has 0 saturated heterocycles. The summed E-state index contributed by atoms with van der Waals surface area (Å²) in [5.74, 6) is -1.09. The average Bonchev–Trinajstić information content (AvgIpc) is 2.49. The first-order valence-electron chi connectivity index (χ1n) is 7.11. The second-order valence-corrected chi connectivity index (χ2v) is 5.39. The summed E-state index contributed by atoms with van der Waals surface area (Å²) in [7, 11) is 0. The number of rotatable bonds is 6. The topological polar surface area (TPSA) is 75.6 Å². The highest BCUT2D eigenvalue weighted by molar-refractivity contribution is 5.89. The van der Waals surface area contributed by atoms with Gasteiger partial charge < -0.3 is 15.2 Å². The Morgan fingerprint density at radius 1 is 1.14 bits per heavy atom. The molecule has 1 atom stereocenters. The van der Waals surface area contributed by atoms with Crippen LogP contribution in [0, 0.1) is 5.92 Å². The summed E-state index contributed by atoms with van der Waals surface area (Å²) in [5.41, 5.74) is 0. The average molecular weight is 301 g/mol. The number of aliphatic carboxylic acids is 1. The third kappa shape index (κ3) is 3.75. The smallest absolute Gasteiger partial charge is 0.326 e. The molecule has 1 unspecified atom stereocenters. The van der Waals surface area contributed by atoms with Crippen LogP contribution in [0.25, 0.3) is 10.8 Å². The largest absolute Gasteiger partial charge is 0.483 e. The summed E-state index contributed by atoms with van der Waals surface area (Å²) in [6.07, 6.45) is 0. The Morgan fingerprint density at radius 2 is 1.82 bits per heavy atom. The summed E-state index contributed by atoms with van der Waals surface area (Å²) in [6, 6.07) is 12.4. The number of amides is 1. The summed E-state index contributed by atoms with van der Waals surface area (Å²) in [5, 5.41) is 13.5. The van der Waals surface area contributed by atoms with Crippen molar-refractivity contribution in [3.8, 4) is 5.75 Å². The Labute approximate surface area is 128 Å². The van der Waals surface area contributed by atoms with E-state index in [9.17, 15) is 9.59 Å². The van der Waals surface area contributed by atoms with Gasteiger partial charge in [-0.3, -0.25) is 4.79 Å². The van der Waals surface area contributed by atoms with E-state index in [2.05, 4.69) is 5.32 Å². The molecule has 5 nitrogen and oxygen atoms in total. The third-order valence-electron chi connectivity index (χ3n) is 3.36. The summed E-state index contributed by atoms with van der Waals surface area (Å²) >= 11 is 0. The molecule has 0 saturated carbocycles. The molecule has 0 fully saturated rings. The number of benzene rings is 2. The zero-order valence-corrected chi connectivity index (χ0v) is 12.6. The number of hydrogen-bond acceptors (Lipinski definition) is 3. The zero-order valence-electron chi connectivity index (χ0n) is 12.6. The minimum absolute atomic E-state index is 0.195. The normalized spacial score (nSPS) is 12.1. The van der Waals surface area contributed by atoms with Gasteiger partial charge in [-0.25, -0.2) is 4.79 Å². The van der Waals surface area contributed by atoms with Gasteiger partial charge >= 0.3 is 5.97 Å². The Kier molecular flexibility index (Phi) is 4.99. The van der Waals surface area contributed by atoms with Crippen molar-refractivity contribution in [2.45, 2.75) is 19.9 Å². The molecule has 22 heavy (non-hydrogen) atoms. The maximum Gasteiger partial charge on any atom is 0.326 e. The molecule has 0 bridgehead atoms. The predicted octanol–water partition coefficient (Wildman–Crippen LogP) is 2.44. The first-order chi connectivity index (χ1) is 10.5. The lowest BCUT2D eigenvalue weighted by atomic mass is 10.1. The number of hydrogen-bond donors (Lipinski definition) is 2. The molecular formula is C17H19NO4. The van der Waals surface area contributed by atoms with Crippen LogP contribution in [0.1, 0.15) is 13.8 Å². The van der Waals surface area contributed by atoms with Gasteiger partial charge in [0.15, 0.2) is 6.61 Å². The minimum atomic E-state index is -1.05. The van der Waals surface area contributed by atoms with Crippen LogP contribution in [0.4, 0.5) is 0 Å². The van der Waals surface area contributed by atoms with E-state index < -0.39 is 17.9 Å². The van der Waals surface area contributed by atoms with Crippen LogP contribution >= 0.6 is 0 Å². The second-order valence-electron chi connectivity index (χ2n) is 5.39. The van der Waals surface area contributed by atoms with Gasteiger partial charge in [-0.05, 0) is 17.4 Å². The molecule has 0 spiro atoms. The minimum Gasteiger partial charge on any atom is -0.483 e. The molecule has 1 amide bonds. The van der Waals surface area contributed by atoms with Crippen LogP contribution in [0.5, 0.6) is 5.75 Å². The number of carboxylic acids is 1. The van der Waals surface area contributed by atoms with Crippen molar-refractivity contribution < 1.29 is 19.4 Å². The summed E-state index contributed by atoms with van der Waals surface area (Å²) < 4.78 is 5.54. The van der Waals surface area contributed by atoms with Gasteiger partial charge in [-0.15, -0.1) is 0 Å². The quantitative estimate of drug-likeness (QED) is 0.859. The Balaban J connectivity index is 2.03. The molecule has 0 aliphatic rings. The van der Waals surface area contributed by atoms with E-state index >= 15 is 0 Å².